The lowest BCUT2D eigenvalue weighted by atomic mass is 9.44. The van der Waals surface area contributed by atoms with Gasteiger partial charge in [-0.05, 0) is 74.5 Å². The Balaban J connectivity index is 1.73. The fourth-order valence-corrected chi connectivity index (χ4v) is 7.71. The van der Waals surface area contributed by atoms with Crippen LogP contribution in [-0.4, -0.2) is 17.9 Å². The molecule has 3 fully saturated rings. The zero-order chi connectivity index (χ0) is 18.7. The number of allylic oxidation sites excluding steroid dienone is 1. The fourth-order valence-electron chi connectivity index (χ4n) is 7.71. The number of hydrogen-bond acceptors (Lipinski definition) is 3. The van der Waals surface area contributed by atoms with E-state index in [9.17, 15) is 9.59 Å². The minimum Gasteiger partial charge on any atom is -0.462 e. The van der Waals surface area contributed by atoms with Crippen LogP contribution < -0.4 is 0 Å². The summed E-state index contributed by atoms with van der Waals surface area (Å²) >= 11 is 0. The number of carbonyl (C=O) groups is 2. The van der Waals surface area contributed by atoms with Gasteiger partial charge in [0, 0.05) is 17.9 Å². The smallest absolute Gasteiger partial charge is 0.302 e. The summed E-state index contributed by atoms with van der Waals surface area (Å²) in [6.07, 6.45) is 12.0. The highest BCUT2D eigenvalue weighted by atomic mass is 16.5. The van der Waals surface area contributed by atoms with E-state index < -0.39 is 0 Å². The summed E-state index contributed by atoms with van der Waals surface area (Å²) in [7, 11) is 0. The van der Waals surface area contributed by atoms with Crippen LogP contribution in [0.2, 0.25) is 0 Å². The summed E-state index contributed by atoms with van der Waals surface area (Å²) in [5, 5.41) is 0. The summed E-state index contributed by atoms with van der Waals surface area (Å²) in [5.41, 5.74) is 1.01. The Morgan fingerprint density at radius 3 is 2.54 bits per heavy atom. The highest BCUT2D eigenvalue weighted by Crippen LogP contribution is 2.66. The molecule has 0 aromatic carbocycles. The van der Waals surface area contributed by atoms with Crippen LogP contribution >= 0.6 is 0 Å². The number of Topliss-reactive ketones (excluding diaryl/α,β-unsaturated/α-hetero) is 1. The molecule has 4 aliphatic carbocycles. The van der Waals surface area contributed by atoms with E-state index in [2.05, 4.69) is 19.9 Å². The van der Waals surface area contributed by atoms with Crippen molar-refractivity contribution in [1.29, 1.82) is 0 Å². The van der Waals surface area contributed by atoms with Gasteiger partial charge in [-0.25, -0.2) is 0 Å². The van der Waals surface area contributed by atoms with Crippen molar-refractivity contribution in [3.05, 3.63) is 11.6 Å². The molecule has 3 nitrogen and oxygen atoms in total. The van der Waals surface area contributed by atoms with Gasteiger partial charge in [-0.2, -0.15) is 0 Å². The van der Waals surface area contributed by atoms with Crippen molar-refractivity contribution in [2.24, 2.45) is 34.5 Å². The molecular formula is C23H34O3. The molecule has 144 valence electrons. The molecule has 0 saturated heterocycles. The van der Waals surface area contributed by atoms with Crippen LogP contribution in [0.5, 0.6) is 0 Å². The second-order valence-electron chi connectivity index (χ2n) is 9.93. The van der Waals surface area contributed by atoms with Gasteiger partial charge in [0.1, 0.15) is 6.10 Å². The number of esters is 1. The van der Waals surface area contributed by atoms with E-state index in [1.54, 1.807) is 6.92 Å². The Morgan fingerprint density at radius 2 is 1.85 bits per heavy atom. The summed E-state index contributed by atoms with van der Waals surface area (Å²) in [4.78, 5) is 24.3. The maximum Gasteiger partial charge on any atom is 0.302 e. The summed E-state index contributed by atoms with van der Waals surface area (Å²) < 4.78 is 5.93. The molecular weight excluding hydrogens is 324 g/mol. The third-order valence-electron chi connectivity index (χ3n) is 8.93. The first kappa shape index (κ1) is 18.3. The van der Waals surface area contributed by atoms with Gasteiger partial charge in [-0.1, -0.05) is 32.8 Å². The van der Waals surface area contributed by atoms with Crippen molar-refractivity contribution in [1.82, 2.24) is 0 Å². The highest BCUT2D eigenvalue weighted by Gasteiger charge is 2.62. The van der Waals surface area contributed by atoms with Crippen molar-refractivity contribution in [3.8, 4) is 0 Å². The maximum absolute atomic E-state index is 12.4. The van der Waals surface area contributed by atoms with Gasteiger partial charge in [-0.15, -0.1) is 0 Å². The Bertz CT molecular complexity index is 650. The van der Waals surface area contributed by atoms with E-state index in [0.717, 1.165) is 24.3 Å². The molecule has 0 aliphatic heterocycles. The lowest BCUT2D eigenvalue weighted by Crippen LogP contribution is -2.58. The molecule has 26 heavy (non-hydrogen) atoms. The minimum atomic E-state index is -0.295. The zero-order valence-electron chi connectivity index (χ0n) is 16.8. The summed E-state index contributed by atoms with van der Waals surface area (Å²) in [6.45, 7) is 7.92. The largest absolute Gasteiger partial charge is 0.462 e. The number of ketones is 1. The van der Waals surface area contributed by atoms with Crippen molar-refractivity contribution < 1.29 is 14.3 Å². The van der Waals surface area contributed by atoms with Crippen molar-refractivity contribution in [2.75, 3.05) is 0 Å². The fraction of sp³-hybridized carbons (Fsp3) is 0.826. The molecule has 0 unspecified atom stereocenters. The van der Waals surface area contributed by atoms with Crippen LogP contribution in [0.1, 0.15) is 79.1 Å². The second kappa shape index (κ2) is 6.21. The van der Waals surface area contributed by atoms with Crippen LogP contribution in [-0.2, 0) is 14.3 Å². The van der Waals surface area contributed by atoms with Crippen LogP contribution in [0.15, 0.2) is 11.6 Å². The van der Waals surface area contributed by atoms with Crippen LogP contribution in [0, 0.1) is 34.5 Å². The van der Waals surface area contributed by atoms with Crippen LogP contribution in [0.3, 0.4) is 0 Å². The average Bonchev–Trinajstić information content (AvgIpc) is 2.93. The lowest BCUT2D eigenvalue weighted by molar-refractivity contribution is -0.179. The SMILES string of the molecule is CC(=O)O[C@@H]1C[C@H]2[C@@H](CC[C@H]3CCCC[C@@]32C)[C@@H]2CC=C(C(C)=O)[C@@]12C. The molecule has 0 aromatic rings. The third kappa shape index (κ3) is 2.45. The Hall–Kier alpha value is -1.12. The van der Waals surface area contributed by atoms with Gasteiger partial charge in [0.15, 0.2) is 5.78 Å². The molecule has 7 atom stereocenters. The third-order valence-corrected chi connectivity index (χ3v) is 8.93. The van der Waals surface area contributed by atoms with Crippen LogP contribution in [0.4, 0.5) is 0 Å². The van der Waals surface area contributed by atoms with E-state index in [1.165, 1.54) is 45.4 Å². The van der Waals surface area contributed by atoms with E-state index in [0.29, 0.717) is 23.2 Å². The standard InChI is InChI=1S/C23H34O3/c1-14(24)18-10-11-19-17-9-8-16-7-5-6-12-22(16,3)20(17)13-21(23(18,19)4)26-15(2)25/h10,16-17,19-21H,5-9,11-13H2,1-4H3/t16-,17+,19+,20+,21-,22+,23-/m1/s1. The second-order valence-corrected chi connectivity index (χ2v) is 9.93. The number of ether oxygens (including phenoxy) is 1. The van der Waals surface area contributed by atoms with Gasteiger partial charge in [0.2, 0.25) is 0 Å². The van der Waals surface area contributed by atoms with E-state index in [1.807, 2.05) is 0 Å². The molecule has 4 aliphatic rings. The molecule has 0 aromatic heterocycles. The average molecular weight is 359 g/mol. The van der Waals surface area contributed by atoms with E-state index in [-0.39, 0.29) is 23.3 Å². The first-order valence-corrected chi connectivity index (χ1v) is 10.7. The normalized spacial score (nSPS) is 47.2. The van der Waals surface area contributed by atoms with E-state index in [4.69, 9.17) is 4.74 Å². The molecule has 3 saturated carbocycles. The molecule has 3 heteroatoms. The number of fused-ring (bicyclic) bond motifs is 5. The molecule has 0 heterocycles. The van der Waals surface area contributed by atoms with Gasteiger partial charge >= 0.3 is 5.97 Å². The lowest BCUT2D eigenvalue weighted by Gasteiger charge is -2.61. The Kier molecular flexibility index (Phi) is 4.36. The summed E-state index contributed by atoms with van der Waals surface area (Å²) in [6, 6.07) is 0. The van der Waals surface area contributed by atoms with Crippen molar-refractivity contribution in [2.45, 2.75) is 85.2 Å². The van der Waals surface area contributed by atoms with Crippen molar-refractivity contribution in [3.63, 3.8) is 0 Å². The quantitative estimate of drug-likeness (QED) is 0.646. The van der Waals surface area contributed by atoms with Crippen LogP contribution in [0.25, 0.3) is 0 Å². The van der Waals surface area contributed by atoms with Gasteiger partial charge in [-0.3, -0.25) is 9.59 Å². The number of rotatable bonds is 2. The molecule has 0 N–H and O–H groups in total. The number of carbonyl (C=O) groups excluding carboxylic acids is 2. The monoisotopic (exact) mass is 358 g/mol. The molecule has 4 rings (SSSR count). The Morgan fingerprint density at radius 1 is 1.08 bits per heavy atom. The predicted octanol–water partition coefficient (Wildman–Crippen LogP) is 5.09. The Labute approximate surface area is 157 Å². The maximum atomic E-state index is 12.4. The van der Waals surface area contributed by atoms with E-state index >= 15 is 0 Å². The first-order chi connectivity index (χ1) is 12.3. The minimum absolute atomic E-state index is 0.151. The van der Waals surface area contributed by atoms with Gasteiger partial charge in [0.25, 0.3) is 0 Å². The number of hydrogen-bond donors (Lipinski definition) is 0. The van der Waals surface area contributed by atoms with Gasteiger partial charge < -0.3 is 4.74 Å². The molecule has 0 amide bonds. The molecule has 0 spiro atoms. The molecule has 0 bridgehead atoms. The first-order valence-electron chi connectivity index (χ1n) is 10.7. The molecule has 0 radical (unpaired) electrons. The highest BCUT2D eigenvalue weighted by molar-refractivity contribution is 5.95. The van der Waals surface area contributed by atoms with Crippen molar-refractivity contribution >= 4 is 11.8 Å². The summed E-state index contributed by atoms with van der Waals surface area (Å²) in [5.74, 6) is 2.53. The predicted molar refractivity (Wildman–Crippen MR) is 101 cm³/mol. The van der Waals surface area contributed by atoms with Gasteiger partial charge in [0.05, 0.1) is 0 Å². The topological polar surface area (TPSA) is 43.4 Å². The zero-order valence-corrected chi connectivity index (χ0v) is 16.8.